The molecule has 21 heavy (non-hydrogen) atoms. The fourth-order valence-electron chi connectivity index (χ4n) is 2.52. The summed E-state index contributed by atoms with van der Waals surface area (Å²) < 4.78 is 5.79. The molecular weight excluding hydrogens is 260 g/mol. The molecule has 0 spiro atoms. The van der Waals surface area contributed by atoms with Crippen molar-refractivity contribution < 1.29 is 4.74 Å². The van der Waals surface area contributed by atoms with Crippen LogP contribution in [-0.2, 0) is 6.54 Å². The van der Waals surface area contributed by atoms with E-state index in [4.69, 9.17) is 4.74 Å². The number of ether oxygens (including phenoxy) is 1. The highest BCUT2D eigenvalue weighted by Crippen LogP contribution is 2.28. The lowest BCUT2D eigenvalue weighted by Crippen LogP contribution is -2.21. The van der Waals surface area contributed by atoms with E-state index in [1.54, 1.807) is 0 Å². The standard InChI is InChI=1S/C18H26N2O/c1-3-19-12-7-13-20-14-17-16-9-6-5-8-15(16)10-11-18(17)21-4-2/h5-6,8-11,19-20H,3-4,7,12-14H2,1-2H3. The van der Waals surface area contributed by atoms with Gasteiger partial charge in [-0.25, -0.2) is 0 Å². The first-order valence-electron chi connectivity index (χ1n) is 7.91. The largest absolute Gasteiger partial charge is 0.494 e. The van der Waals surface area contributed by atoms with Gasteiger partial charge >= 0.3 is 0 Å². The van der Waals surface area contributed by atoms with Crippen LogP contribution in [0.5, 0.6) is 5.75 Å². The Hall–Kier alpha value is -1.58. The monoisotopic (exact) mass is 286 g/mol. The molecule has 0 aromatic heterocycles. The van der Waals surface area contributed by atoms with Crippen LogP contribution < -0.4 is 15.4 Å². The molecule has 3 nitrogen and oxygen atoms in total. The minimum atomic E-state index is 0.700. The molecule has 0 saturated carbocycles. The van der Waals surface area contributed by atoms with E-state index in [0.29, 0.717) is 6.61 Å². The summed E-state index contributed by atoms with van der Waals surface area (Å²) in [6.45, 7) is 8.84. The van der Waals surface area contributed by atoms with Gasteiger partial charge in [-0.15, -0.1) is 0 Å². The number of benzene rings is 2. The second kappa shape index (κ2) is 8.65. The third kappa shape index (κ3) is 4.45. The van der Waals surface area contributed by atoms with Gasteiger partial charge in [0, 0.05) is 12.1 Å². The van der Waals surface area contributed by atoms with E-state index in [0.717, 1.165) is 38.3 Å². The van der Waals surface area contributed by atoms with Crippen LogP contribution in [0.25, 0.3) is 10.8 Å². The second-order valence-electron chi connectivity index (χ2n) is 5.08. The number of hydrogen-bond acceptors (Lipinski definition) is 3. The average molecular weight is 286 g/mol. The molecular formula is C18H26N2O. The van der Waals surface area contributed by atoms with Crippen molar-refractivity contribution in [1.29, 1.82) is 0 Å². The van der Waals surface area contributed by atoms with Gasteiger partial charge < -0.3 is 15.4 Å². The molecule has 2 N–H and O–H groups in total. The molecule has 0 atom stereocenters. The zero-order valence-electron chi connectivity index (χ0n) is 13.1. The number of rotatable bonds is 9. The van der Waals surface area contributed by atoms with Gasteiger partial charge in [0.2, 0.25) is 0 Å². The summed E-state index contributed by atoms with van der Waals surface area (Å²) in [4.78, 5) is 0. The van der Waals surface area contributed by atoms with Gasteiger partial charge in [0.15, 0.2) is 0 Å². The van der Waals surface area contributed by atoms with Crippen LogP contribution >= 0.6 is 0 Å². The van der Waals surface area contributed by atoms with Gasteiger partial charge in [0.1, 0.15) is 5.75 Å². The smallest absolute Gasteiger partial charge is 0.124 e. The second-order valence-corrected chi connectivity index (χ2v) is 5.08. The molecule has 0 fully saturated rings. The molecule has 2 aromatic rings. The molecule has 0 amide bonds. The van der Waals surface area contributed by atoms with Crippen molar-refractivity contribution in [3.05, 3.63) is 42.0 Å². The Balaban J connectivity index is 2.06. The average Bonchev–Trinajstić information content (AvgIpc) is 2.52. The first kappa shape index (κ1) is 15.8. The Bertz CT molecular complexity index is 554. The molecule has 0 bridgehead atoms. The van der Waals surface area contributed by atoms with Crippen LogP contribution in [0.3, 0.4) is 0 Å². The predicted molar refractivity (Wildman–Crippen MR) is 90.0 cm³/mol. The summed E-state index contributed by atoms with van der Waals surface area (Å²) in [7, 11) is 0. The van der Waals surface area contributed by atoms with E-state index in [-0.39, 0.29) is 0 Å². The van der Waals surface area contributed by atoms with E-state index >= 15 is 0 Å². The van der Waals surface area contributed by atoms with Gasteiger partial charge in [-0.3, -0.25) is 0 Å². The van der Waals surface area contributed by atoms with E-state index < -0.39 is 0 Å². The molecule has 0 heterocycles. The third-order valence-corrected chi connectivity index (χ3v) is 3.56. The van der Waals surface area contributed by atoms with Crippen molar-refractivity contribution in [1.82, 2.24) is 10.6 Å². The molecule has 2 rings (SSSR count). The lowest BCUT2D eigenvalue weighted by molar-refractivity contribution is 0.336. The normalized spacial score (nSPS) is 11.0. The topological polar surface area (TPSA) is 33.3 Å². The summed E-state index contributed by atoms with van der Waals surface area (Å²) in [6, 6.07) is 12.7. The van der Waals surface area contributed by atoms with Crippen LogP contribution in [0, 0.1) is 0 Å². The molecule has 2 aromatic carbocycles. The van der Waals surface area contributed by atoms with Gasteiger partial charge in [0.25, 0.3) is 0 Å². The summed E-state index contributed by atoms with van der Waals surface area (Å²) in [5, 5.41) is 9.42. The zero-order valence-corrected chi connectivity index (χ0v) is 13.1. The van der Waals surface area contributed by atoms with E-state index in [2.05, 4.69) is 54.0 Å². The highest BCUT2D eigenvalue weighted by molar-refractivity contribution is 5.87. The Morgan fingerprint density at radius 1 is 0.952 bits per heavy atom. The van der Waals surface area contributed by atoms with Crippen LogP contribution in [-0.4, -0.2) is 26.2 Å². The van der Waals surface area contributed by atoms with Crippen molar-refractivity contribution >= 4 is 10.8 Å². The fourth-order valence-corrected chi connectivity index (χ4v) is 2.52. The minimum Gasteiger partial charge on any atom is -0.494 e. The Morgan fingerprint density at radius 3 is 2.57 bits per heavy atom. The fraction of sp³-hybridized carbons (Fsp3) is 0.444. The van der Waals surface area contributed by atoms with Gasteiger partial charge in [-0.2, -0.15) is 0 Å². The summed E-state index contributed by atoms with van der Waals surface area (Å²) >= 11 is 0. The number of nitrogens with one attached hydrogen (secondary N) is 2. The predicted octanol–water partition coefficient (Wildman–Crippen LogP) is 3.33. The van der Waals surface area contributed by atoms with Crippen molar-refractivity contribution in [2.75, 3.05) is 26.2 Å². The number of hydrogen-bond donors (Lipinski definition) is 2. The van der Waals surface area contributed by atoms with Crippen molar-refractivity contribution in [2.24, 2.45) is 0 Å². The molecule has 0 aliphatic carbocycles. The minimum absolute atomic E-state index is 0.700. The van der Waals surface area contributed by atoms with Crippen LogP contribution in [0.15, 0.2) is 36.4 Å². The maximum absolute atomic E-state index is 5.79. The SMILES string of the molecule is CCNCCCNCc1c(OCC)ccc2ccccc12. The quantitative estimate of drug-likeness (QED) is 0.694. The molecule has 3 heteroatoms. The maximum Gasteiger partial charge on any atom is 0.124 e. The van der Waals surface area contributed by atoms with Crippen molar-refractivity contribution in [3.63, 3.8) is 0 Å². The van der Waals surface area contributed by atoms with Crippen LogP contribution in [0.4, 0.5) is 0 Å². The van der Waals surface area contributed by atoms with Crippen LogP contribution in [0.2, 0.25) is 0 Å². The summed E-state index contributed by atoms with van der Waals surface area (Å²) in [5.74, 6) is 0.996. The Kier molecular flexibility index (Phi) is 6.51. The van der Waals surface area contributed by atoms with Crippen LogP contribution in [0.1, 0.15) is 25.8 Å². The Morgan fingerprint density at radius 2 is 1.76 bits per heavy atom. The Labute approximate surface area is 127 Å². The first-order chi connectivity index (χ1) is 10.4. The summed E-state index contributed by atoms with van der Waals surface area (Å²) in [5.41, 5.74) is 1.26. The molecule has 0 radical (unpaired) electrons. The van der Waals surface area contributed by atoms with Gasteiger partial charge in [-0.05, 0) is 49.8 Å². The maximum atomic E-state index is 5.79. The van der Waals surface area contributed by atoms with Gasteiger partial charge in [-0.1, -0.05) is 37.3 Å². The van der Waals surface area contributed by atoms with Crippen molar-refractivity contribution in [3.8, 4) is 5.75 Å². The first-order valence-corrected chi connectivity index (χ1v) is 7.91. The molecule has 114 valence electrons. The zero-order chi connectivity index (χ0) is 14.9. The van der Waals surface area contributed by atoms with Gasteiger partial charge in [0.05, 0.1) is 6.61 Å². The molecule has 0 saturated heterocycles. The summed E-state index contributed by atoms with van der Waals surface area (Å²) in [6.07, 6.45) is 1.14. The highest BCUT2D eigenvalue weighted by Gasteiger charge is 2.08. The number of fused-ring (bicyclic) bond motifs is 1. The highest BCUT2D eigenvalue weighted by atomic mass is 16.5. The molecule has 0 aliphatic heterocycles. The van der Waals surface area contributed by atoms with E-state index in [9.17, 15) is 0 Å². The molecule has 0 aliphatic rings. The van der Waals surface area contributed by atoms with Crippen molar-refractivity contribution in [2.45, 2.75) is 26.8 Å². The molecule has 0 unspecified atom stereocenters. The van der Waals surface area contributed by atoms with E-state index in [1.165, 1.54) is 16.3 Å². The third-order valence-electron chi connectivity index (χ3n) is 3.56. The lowest BCUT2D eigenvalue weighted by atomic mass is 10.0. The lowest BCUT2D eigenvalue weighted by Gasteiger charge is -2.14. The van der Waals surface area contributed by atoms with E-state index in [1.807, 2.05) is 6.92 Å².